The number of carbonyl (C=O) groups is 1. The molecular weight excluding hydrogens is 318 g/mol. The molecule has 2 heterocycles. The number of benzene rings is 1. The van der Waals surface area contributed by atoms with E-state index in [-0.39, 0.29) is 11.4 Å². The lowest BCUT2D eigenvalue weighted by atomic mass is 10.1. The summed E-state index contributed by atoms with van der Waals surface area (Å²) in [6, 6.07) is 9.09. The summed E-state index contributed by atoms with van der Waals surface area (Å²) in [5.41, 5.74) is 0.646. The number of aryl methyl sites for hydroxylation is 1. The Morgan fingerprint density at radius 3 is 2.61 bits per heavy atom. The molecule has 0 saturated carbocycles. The molecule has 0 fully saturated rings. The van der Waals surface area contributed by atoms with Gasteiger partial charge in [0.05, 0.1) is 4.92 Å². The zero-order chi connectivity index (χ0) is 16.4. The smallest absolute Gasteiger partial charge is 0.315 e. The second kappa shape index (κ2) is 6.01. The minimum atomic E-state index is -0.476. The number of nitro groups is 1. The second-order valence-electron chi connectivity index (χ2n) is 4.68. The van der Waals surface area contributed by atoms with E-state index in [1.54, 1.807) is 36.0 Å². The van der Waals surface area contributed by atoms with E-state index in [0.717, 1.165) is 0 Å². The topological polar surface area (TPSA) is 90.6 Å². The van der Waals surface area contributed by atoms with Gasteiger partial charge in [-0.05, 0) is 24.3 Å². The van der Waals surface area contributed by atoms with E-state index in [1.165, 1.54) is 29.5 Å². The highest BCUT2D eigenvalue weighted by Crippen LogP contribution is 2.24. The highest BCUT2D eigenvalue weighted by Gasteiger charge is 2.13. The molecule has 116 valence electrons. The van der Waals surface area contributed by atoms with E-state index in [0.29, 0.717) is 16.1 Å². The van der Waals surface area contributed by atoms with Gasteiger partial charge in [0.2, 0.25) is 0 Å². The van der Waals surface area contributed by atoms with Crippen LogP contribution in [0.4, 0.5) is 5.69 Å². The third-order valence-electron chi connectivity index (χ3n) is 3.14. The third kappa shape index (κ3) is 3.11. The molecule has 3 rings (SSSR count). The first kappa shape index (κ1) is 14.9. The van der Waals surface area contributed by atoms with Gasteiger partial charge in [0, 0.05) is 36.3 Å². The van der Waals surface area contributed by atoms with Gasteiger partial charge in [0.1, 0.15) is 5.76 Å². The lowest BCUT2D eigenvalue weighted by molar-refractivity contribution is -0.384. The van der Waals surface area contributed by atoms with Crippen LogP contribution in [-0.4, -0.2) is 15.4 Å². The fraction of sp³-hybridized carbons (Fsp3) is 0.0667. The molecular formula is C15H11N3O4S. The Labute approximate surface area is 134 Å². The van der Waals surface area contributed by atoms with Crippen molar-refractivity contribution >= 4 is 22.9 Å². The number of non-ortho nitro benzene ring substituents is 1. The Bertz CT molecular complexity index is 934. The molecule has 0 atom stereocenters. The molecule has 8 heteroatoms. The van der Waals surface area contributed by atoms with E-state index in [9.17, 15) is 14.9 Å². The van der Waals surface area contributed by atoms with Crippen LogP contribution in [0.1, 0.15) is 10.6 Å². The molecule has 0 unspecified atom stereocenters. The monoisotopic (exact) mass is 329 g/mol. The minimum absolute atomic E-state index is 0.00296. The van der Waals surface area contributed by atoms with E-state index >= 15 is 0 Å². The number of amides is 1. The molecule has 2 aromatic heterocycles. The molecule has 7 nitrogen and oxygen atoms in total. The van der Waals surface area contributed by atoms with Gasteiger partial charge in [-0.25, -0.2) is 0 Å². The molecule has 0 aliphatic rings. The van der Waals surface area contributed by atoms with Crippen molar-refractivity contribution in [2.75, 3.05) is 0 Å². The summed E-state index contributed by atoms with van der Waals surface area (Å²) >= 11 is 1.35. The maximum Gasteiger partial charge on any atom is 0.315 e. The van der Waals surface area contributed by atoms with Crippen LogP contribution in [0.3, 0.4) is 0 Å². The van der Waals surface area contributed by atoms with Crippen molar-refractivity contribution < 1.29 is 14.1 Å². The Hall–Kier alpha value is -3.00. The number of hydrogen-bond acceptors (Lipinski definition) is 5. The highest BCUT2D eigenvalue weighted by atomic mass is 32.1. The fourth-order valence-electron chi connectivity index (χ4n) is 1.93. The summed E-state index contributed by atoms with van der Waals surface area (Å²) in [5.74, 6) is 0.0944. The lowest BCUT2D eigenvalue weighted by Crippen LogP contribution is -2.12. The van der Waals surface area contributed by atoms with Crippen LogP contribution < -0.4 is 4.80 Å². The number of thiazole rings is 1. The van der Waals surface area contributed by atoms with Crippen molar-refractivity contribution in [1.29, 1.82) is 0 Å². The van der Waals surface area contributed by atoms with E-state index in [1.807, 2.05) is 5.38 Å². The van der Waals surface area contributed by atoms with Crippen molar-refractivity contribution in [2.24, 2.45) is 12.0 Å². The zero-order valence-corrected chi connectivity index (χ0v) is 12.8. The average molecular weight is 329 g/mol. The van der Waals surface area contributed by atoms with E-state index < -0.39 is 10.8 Å². The normalized spacial score (nSPS) is 11.6. The molecule has 23 heavy (non-hydrogen) atoms. The standard InChI is InChI=1S/C15H11N3O4S/c1-17-8-9-23-15(17)16-14(19)13-7-6-12(22-13)10-2-4-11(5-3-10)18(20)21/h2-9H,1H3. The number of hydrogen-bond donors (Lipinski definition) is 0. The second-order valence-corrected chi connectivity index (χ2v) is 5.55. The Kier molecular flexibility index (Phi) is 3.90. The van der Waals surface area contributed by atoms with Crippen LogP contribution in [0.5, 0.6) is 0 Å². The molecule has 0 spiro atoms. The predicted molar refractivity (Wildman–Crippen MR) is 84.0 cm³/mol. The van der Waals surface area contributed by atoms with Crippen molar-refractivity contribution in [3.8, 4) is 11.3 Å². The fourth-order valence-corrected chi connectivity index (χ4v) is 2.66. The zero-order valence-electron chi connectivity index (χ0n) is 12.0. The van der Waals surface area contributed by atoms with Crippen molar-refractivity contribution in [1.82, 2.24) is 4.57 Å². The summed E-state index contributed by atoms with van der Waals surface area (Å²) in [7, 11) is 1.80. The third-order valence-corrected chi connectivity index (χ3v) is 3.98. The Morgan fingerprint density at radius 2 is 2.00 bits per heavy atom. The SMILES string of the molecule is Cn1ccsc1=NC(=O)c1ccc(-c2ccc([N+](=O)[O-])cc2)o1. The molecule has 0 aliphatic carbocycles. The molecule has 3 aromatic rings. The molecule has 1 aromatic carbocycles. The van der Waals surface area contributed by atoms with Gasteiger partial charge >= 0.3 is 5.91 Å². The first-order valence-corrected chi connectivity index (χ1v) is 7.46. The van der Waals surface area contributed by atoms with Crippen molar-refractivity contribution in [3.63, 3.8) is 0 Å². The quantitative estimate of drug-likeness (QED) is 0.545. The maximum absolute atomic E-state index is 12.1. The van der Waals surface area contributed by atoms with Crippen LogP contribution in [0.25, 0.3) is 11.3 Å². The van der Waals surface area contributed by atoms with Crippen LogP contribution in [0.15, 0.2) is 57.4 Å². The molecule has 0 saturated heterocycles. The summed E-state index contributed by atoms with van der Waals surface area (Å²) in [6.45, 7) is 0. The summed E-state index contributed by atoms with van der Waals surface area (Å²) in [5, 5.41) is 12.5. The number of carbonyl (C=O) groups excluding carboxylic acids is 1. The van der Waals surface area contributed by atoms with Crippen molar-refractivity contribution in [2.45, 2.75) is 0 Å². The molecule has 0 radical (unpaired) electrons. The van der Waals surface area contributed by atoms with Crippen LogP contribution >= 0.6 is 11.3 Å². The number of rotatable bonds is 3. The van der Waals surface area contributed by atoms with Gasteiger partial charge in [-0.15, -0.1) is 11.3 Å². The number of nitro benzene ring substituents is 1. The number of aromatic nitrogens is 1. The number of nitrogens with zero attached hydrogens (tertiary/aromatic N) is 3. The largest absolute Gasteiger partial charge is 0.451 e. The maximum atomic E-state index is 12.1. The van der Waals surface area contributed by atoms with Gasteiger partial charge in [-0.3, -0.25) is 14.9 Å². The van der Waals surface area contributed by atoms with Gasteiger partial charge in [0.25, 0.3) is 5.69 Å². The van der Waals surface area contributed by atoms with Crippen LogP contribution in [-0.2, 0) is 7.05 Å². The molecule has 0 N–H and O–H groups in total. The van der Waals surface area contributed by atoms with E-state index in [4.69, 9.17) is 4.42 Å². The first-order valence-electron chi connectivity index (χ1n) is 6.58. The molecule has 0 aliphatic heterocycles. The van der Waals surface area contributed by atoms with E-state index in [2.05, 4.69) is 4.99 Å². The average Bonchev–Trinajstić information content (AvgIpc) is 3.17. The summed E-state index contributed by atoms with van der Waals surface area (Å²) in [6.07, 6.45) is 1.81. The predicted octanol–water partition coefficient (Wildman–Crippen LogP) is 3.00. The van der Waals surface area contributed by atoms with Crippen LogP contribution in [0, 0.1) is 10.1 Å². The lowest BCUT2D eigenvalue weighted by Gasteiger charge is -1.96. The first-order chi connectivity index (χ1) is 11.0. The molecule has 0 bridgehead atoms. The van der Waals surface area contributed by atoms with Gasteiger partial charge in [0.15, 0.2) is 10.6 Å². The minimum Gasteiger partial charge on any atom is -0.451 e. The van der Waals surface area contributed by atoms with Gasteiger partial charge in [-0.2, -0.15) is 4.99 Å². The Morgan fingerprint density at radius 1 is 1.26 bits per heavy atom. The van der Waals surface area contributed by atoms with Gasteiger partial charge < -0.3 is 8.98 Å². The molecule has 1 amide bonds. The highest BCUT2D eigenvalue weighted by molar-refractivity contribution is 7.07. The summed E-state index contributed by atoms with van der Waals surface area (Å²) in [4.78, 5) is 26.8. The van der Waals surface area contributed by atoms with Crippen molar-refractivity contribution in [3.05, 3.63) is 68.7 Å². The van der Waals surface area contributed by atoms with Gasteiger partial charge in [-0.1, -0.05) is 0 Å². The number of furan rings is 1. The van der Waals surface area contributed by atoms with Crippen LogP contribution in [0.2, 0.25) is 0 Å². The Balaban J connectivity index is 1.87. The summed E-state index contributed by atoms with van der Waals surface area (Å²) < 4.78 is 7.24.